The third-order valence-corrected chi connectivity index (χ3v) is 6.61. The minimum atomic E-state index is -0.374. The maximum atomic E-state index is 14.7. The molecule has 2 aliphatic heterocycles. The molecule has 6 heteroatoms. The van der Waals surface area contributed by atoms with Crippen molar-refractivity contribution >= 4 is 16.5 Å². The van der Waals surface area contributed by atoms with Gasteiger partial charge in [0.15, 0.2) is 5.13 Å². The van der Waals surface area contributed by atoms with Crippen LogP contribution in [0.25, 0.3) is 0 Å². The second kappa shape index (κ2) is 7.62. The Balaban J connectivity index is 1.67. The van der Waals surface area contributed by atoms with Crippen molar-refractivity contribution in [3.8, 4) is 0 Å². The number of nitrogens with zero attached hydrogens (tertiary/aromatic N) is 3. The number of halogens is 1. The van der Waals surface area contributed by atoms with Crippen molar-refractivity contribution in [1.82, 2.24) is 9.88 Å². The maximum Gasteiger partial charge on any atom is 0.185 e. The van der Waals surface area contributed by atoms with Crippen LogP contribution >= 0.6 is 11.3 Å². The summed E-state index contributed by atoms with van der Waals surface area (Å²) in [4.78, 5) is 9.77. The molecule has 26 heavy (non-hydrogen) atoms. The van der Waals surface area contributed by atoms with Gasteiger partial charge in [-0.15, -0.1) is 11.3 Å². The van der Waals surface area contributed by atoms with Crippen LogP contribution in [-0.4, -0.2) is 56.3 Å². The van der Waals surface area contributed by atoms with Crippen LogP contribution in [0.1, 0.15) is 30.5 Å². The number of hydrogen-bond acceptors (Lipinski definition) is 5. The van der Waals surface area contributed by atoms with Crippen molar-refractivity contribution in [1.29, 1.82) is 0 Å². The second-order valence-corrected chi connectivity index (χ2v) is 8.17. The fraction of sp³-hybridized carbons (Fsp3) is 0.550. The van der Waals surface area contributed by atoms with Gasteiger partial charge in [-0.25, -0.2) is 9.37 Å². The van der Waals surface area contributed by atoms with Crippen LogP contribution in [0.4, 0.5) is 9.52 Å². The van der Waals surface area contributed by atoms with Gasteiger partial charge in [0.25, 0.3) is 0 Å². The molecule has 0 atom stereocenters. The van der Waals surface area contributed by atoms with Crippen molar-refractivity contribution < 1.29 is 9.13 Å². The number of hydrogen-bond donors (Lipinski definition) is 0. The van der Waals surface area contributed by atoms with Gasteiger partial charge in [-0.3, -0.25) is 0 Å². The molecular formula is C20H26FN3OS. The lowest BCUT2D eigenvalue weighted by atomic mass is 9.72. The van der Waals surface area contributed by atoms with Crippen molar-refractivity contribution in [2.75, 3.05) is 51.3 Å². The van der Waals surface area contributed by atoms with Gasteiger partial charge in [-0.05, 0) is 38.9 Å². The van der Waals surface area contributed by atoms with Gasteiger partial charge >= 0.3 is 0 Å². The average Bonchev–Trinajstić information content (AvgIpc) is 3.06. The van der Waals surface area contributed by atoms with Crippen molar-refractivity contribution in [2.24, 2.45) is 0 Å². The van der Waals surface area contributed by atoms with E-state index >= 15 is 0 Å². The third kappa shape index (κ3) is 3.38. The topological polar surface area (TPSA) is 28.6 Å². The molecule has 2 aromatic rings. The number of ether oxygens (including phenoxy) is 1. The van der Waals surface area contributed by atoms with Gasteiger partial charge in [0, 0.05) is 49.2 Å². The van der Waals surface area contributed by atoms with E-state index in [9.17, 15) is 4.39 Å². The summed E-state index contributed by atoms with van der Waals surface area (Å²) in [6.45, 7) is 5.52. The van der Waals surface area contributed by atoms with Crippen LogP contribution in [0, 0.1) is 5.82 Å². The van der Waals surface area contributed by atoms with Crippen molar-refractivity contribution in [2.45, 2.75) is 24.7 Å². The van der Waals surface area contributed by atoms with E-state index in [4.69, 9.17) is 9.72 Å². The Morgan fingerprint density at radius 1 is 1.12 bits per heavy atom. The van der Waals surface area contributed by atoms with Gasteiger partial charge in [0.2, 0.25) is 0 Å². The molecule has 2 saturated heterocycles. The van der Waals surface area contributed by atoms with Crippen LogP contribution in [-0.2, 0) is 10.2 Å². The fourth-order valence-corrected chi connectivity index (χ4v) is 5.08. The van der Waals surface area contributed by atoms with Gasteiger partial charge in [0.05, 0.1) is 5.69 Å². The van der Waals surface area contributed by atoms with E-state index in [1.54, 1.807) is 23.5 Å². The van der Waals surface area contributed by atoms with E-state index in [1.807, 2.05) is 12.1 Å². The number of rotatable bonds is 3. The Labute approximate surface area is 158 Å². The summed E-state index contributed by atoms with van der Waals surface area (Å²) in [7, 11) is 2.17. The highest BCUT2D eigenvalue weighted by molar-refractivity contribution is 7.13. The summed E-state index contributed by atoms with van der Waals surface area (Å²) in [5, 5.41) is 3.21. The smallest absolute Gasteiger partial charge is 0.185 e. The summed E-state index contributed by atoms with van der Waals surface area (Å²) >= 11 is 1.69. The highest BCUT2D eigenvalue weighted by atomic mass is 32.1. The third-order valence-electron chi connectivity index (χ3n) is 5.71. The molecular weight excluding hydrogens is 349 g/mol. The monoisotopic (exact) mass is 375 g/mol. The normalized spacial score (nSPS) is 21.5. The standard InChI is InChI=1S/C20H26FN3OS/c1-23-9-4-10-24(12-11-23)19-22-18(15-26-19)20(7-13-25-14-8-20)16-5-2-3-6-17(16)21/h2-3,5-6,15H,4,7-14H2,1H3. The van der Waals surface area contributed by atoms with Crippen molar-refractivity contribution in [3.63, 3.8) is 0 Å². The Hall–Kier alpha value is -1.50. The molecule has 0 N–H and O–H groups in total. The lowest BCUT2D eigenvalue weighted by Gasteiger charge is -2.36. The zero-order chi connectivity index (χ0) is 18.0. The maximum absolute atomic E-state index is 14.7. The number of anilines is 1. The van der Waals surface area contributed by atoms with Crippen LogP contribution in [0.15, 0.2) is 29.6 Å². The Bertz CT molecular complexity index is 744. The predicted octanol–water partition coefficient (Wildman–Crippen LogP) is 3.52. The lowest BCUT2D eigenvalue weighted by molar-refractivity contribution is 0.0610. The molecule has 140 valence electrons. The van der Waals surface area contributed by atoms with Crippen LogP contribution in [0.5, 0.6) is 0 Å². The molecule has 0 bridgehead atoms. The number of likely N-dealkylation sites (N-methyl/N-ethyl adjacent to an activating group) is 1. The first-order chi connectivity index (χ1) is 12.7. The Morgan fingerprint density at radius 2 is 1.92 bits per heavy atom. The summed E-state index contributed by atoms with van der Waals surface area (Å²) in [5.74, 6) is -0.139. The minimum Gasteiger partial charge on any atom is -0.381 e. The first-order valence-electron chi connectivity index (χ1n) is 9.41. The Morgan fingerprint density at radius 3 is 2.73 bits per heavy atom. The quantitative estimate of drug-likeness (QED) is 0.821. The number of thiazole rings is 1. The van der Waals surface area contributed by atoms with Crippen LogP contribution < -0.4 is 4.90 Å². The van der Waals surface area contributed by atoms with E-state index in [1.165, 1.54) is 0 Å². The highest BCUT2D eigenvalue weighted by Gasteiger charge is 2.40. The van der Waals surface area contributed by atoms with Crippen LogP contribution in [0.2, 0.25) is 0 Å². The summed E-state index contributed by atoms with van der Waals surface area (Å²) in [5.41, 5.74) is 1.39. The molecule has 0 radical (unpaired) electrons. The molecule has 0 amide bonds. The number of benzene rings is 1. The van der Waals surface area contributed by atoms with Crippen molar-refractivity contribution in [3.05, 3.63) is 46.7 Å². The van der Waals surface area contributed by atoms with Gasteiger partial charge in [-0.1, -0.05) is 18.2 Å². The van der Waals surface area contributed by atoms with Gasteiger partial charge < -0.3 is 14.5 Å². The molecule has 0 saturated carbocycles. The molecule has 2 fully saturated rings. The van der Waals surface area contributed by atoms with E-state index in [0.29, 0.717) is 13.2 Å². The first kappa shape index (κ1) is 17.9. The molecule has 0 aliphatic carbocycles. The van der Waals surface area contributed by atoms with Crippen LogP contribution in [0.3, 0.4) is 0 Å². The predicted molar refractivity (Wildman–Crippen MR) is 104 cm³/mol. The number of aromatic nitrogens is 1. The molecule has 1 aromatic heterocycles. The minimum absolute atomic E-state index is 0.139. The second-order valence-electron chi connectivity index (χ2n) is 7.33. The first-order valence-corrected chi connectivity index (χ1v) is 10.3. The van der Waals surface area contributed by atoms with E-state index in [0.717, 1.165) is 61.8 Å². The summed E-state index contributed by atoms with van der Waals surface area (Å²) < 4.78 is 20.3. The molecule has 4 rings (SSSR count). The Kier molecular flexibility index (Phi) is 5.25. The van der Waals surface area contributed by atoms with E-state index in [2.05, 4.69) is 22.2 Å². The molecule has 1 aromatic carbocycles. The largest absolute Gasteiger partial charge is 0.381 e. The lowest BCUT2D eigenvalue weighted by Crippen LogP contribution is -2.36. The zero-order valence-corrected chi connectivity index (χ0v) is 16.1. The summed E-state index contributed by atoms with van der Waals surface area (Å²) in [6.07, 6.45) is 2.71. The molecule has 4 nitrogen and oxygen atoms in total. The molecule has 0 spiro atoms. The molecule has 2 aliphatic rings. The van der Waals surface area contributed by atoms with E-state index in [-0.39, 0.29) is 11.2 Å². The summed E-state index contributed by atoms with van der Waals surface area (Å²) in [6, 6.07) is 7.16. The SMILES string of the molecule is CN1CCCN(c2nc(C3(c4ccccc4F)CCOCC3)cs2)CC1. The van der Waals surface area contributed by atoms with Gasteiger partial charge in [0.1, 0.15) is 5.82 Å². The average molecular weight is 376 g/mol. The van der Waals surface area contributed by atoms with Gasteiger partial charge in [-0.2, -0.15) is 0 Å². The fourth-order valence-electron chi connectivity index (χ4n) is 4.10. The highest BCUT2D eigenvalue weighted by Crippen LogP contribution is 2.43. The molecule has 0 unspecified atom stereocenters. The van der Waals surface area contributed by atoms with E-state index < -0.39 is 0 Å². The zero-order valence-electron chi connectivity index (χ0n) is 15.3. The molecule has 3 heterocycles.